The third-order valence-electron chi connectivity index (χ3n) is 3.23. The first-order valence-corrected chi connectivity index (χ1v) is 5.71. The molecule has 2 heterocycles. The molecule has 82 valence electrons. The molecule has 1 atom stereocenters. The van der Waals surface area contributed by atoms with Gasteiger partial charge in [0.25, 0.3) is 0 Å². The largest absolute Gasteiger partial charge is 0.378 e. The molecule has 1 unspecified atom stereocenters. The summed E-state index contributed by atoms with van der Waals surface area (Å²) in [6, 6.07) is 0. The Bertz CT molecular complexity index is 165. The van der Waals surface area contributed by atoms with Gasteiger partial charge in [-0.05, 0) is 12.8 Å². The molecule has 2 N–H and O–H groups in total. The maximum atomic E-state index is 9.78. The molecule has 0 aromatic rings. The van der Waals surface area contributed by atoms with E-state index in [0.29, 0.717) is 0 Å². The average molecular weight is 199 g/mol. The number of aliphatic hydroxyl groups excluding tert-OH is 1. The van der Waals surface area contributed by atoms with Crippen molar-refractivity contribution in [1.29, 1.82) is 0 Å². The van der Waals surface area contributed by atoms with E-state index in [2.05, 4.69) is 15.1 Å². The number of piperazine rings is 1. The molecule has 0 aromatic heterocycles. The van der Waals surface area contributed by atoms with E-state index in [-0.39, 0.29) is 6.23 Å². The van der Waals surface area contributed by atoms with Gasteiger partial charge in [-0.3, -0.25) is 4.90 Å². The van der Waals surface area contributed by atoms with E-state index < -0.39 is 0 Å². The fraction of sp³-hybridized carbons (Fsp3) is 1.00. The van der Waals surface area contributed by atoms with Crippen molar-refractivity contribution in [2.24, 2.45) is 0 Å². The summed E-state index contributed by atoms with van der Waals surface area (Å²) in [5, 5.41) is 13.1. The quantitative estimate of drug-likeness (QED) is 0.628. The van der Waals surface area contributed by atoms with Crippen LogP contribution in [0.25, 0.3) is 0 Å². The van der Waals surface area contributed by atoms with E-state index in [1.807, 2.05) is 0 Å². The van der Waals surface area contributed by atoms with Crippen LogP contribution in [0, 0.1) is 0 Å². The van der Waals surface area contributed by atoms with Crippen LogP contribution in [0.15, 0.2) is 0 Å². The van der Waals surface area contributed by atoms with Crippen molar-refractivity contribution in [3.05, 3.63) is 0 Å². The van der Waals surface area contributed by atoms with Crippen LogP contribution in [-0.2, 0) is 0 Å². The molecule has 2 saturated heterocycles. The molecular formula is C10H21N3O. The highest BCUT2D eigenvalue weighted by Crippen LogP contribution is 2.12. The number of nitrogens with zero attached hydrogens (tertiary/aromatic N) is 2. The molecule has 14 heavy (non-hydrogen) atoms. The van der Waals surface area contributed by atoms with Crippen molar-refractivity contribution in [3.63, 3.8) is 0 Å². The van der Waals surface area contributed by atoms with Gasteiger partial charge in [-0.1, -0.05) is 0 Å². The lowest BCUT2D eigenvalue weighted by molar-refractivity contribution is -0.0438. The van der Waals surface area contributed by atoms with E-state index in [4.69, 9.17) is 0 Å². The van der Waals surface area contributed by atoms with Gasteiger partial charge in [-0.25, -0.2) is 0 Å². The third kappa shape index (κ3) is 2.67. The number of rotatable bonds is 4. The van der Waals surface area contributed by atoms with Crippen LogP contribution in [0.1, 0.15) is 12.8 Å². The van der Waals surface area contributed by atoms with E-state index in [1.54, 1.807) is 0 Å². The van der Waals surface area contributed by atoms with Gasteiger partial charge < -0.3 is 15.3 Å². The summed E-state index contributed by atoms with van der Waals surface area (Å²) in [4.78, 5) is 4.59. The Labute approximate surface area is 85.9 Å². The van der Waals surface area contributed by atoms with Gasteiger partial charge in [0, 0.05) is 45.8 Å². The summed E-state index contributed by atoms with van der Waals surface area (Å²) >= 11 is 0. The Kier molecular flexibility index (Phi) is 3.75. The highest BCUT2D eigenvalue weighted by molar-refractivity contribution is 4.74. The number of likely N-dealkylation sites (tertiary alicyclic amines) is 1. The van der Waals surface area contributed by atoms with E-state index in [0.717, 1.165) is 52.2 Å². The predicted octanol–water partition coefficient (Wildman–Crippen LogP) is -0.694. The van der Waals surface area contributed by atoms with Crippen LogP contribution >= 0.6 is 0 Å². The number of hydrogen-bond donors (Lipinski definition) is 2. The molecule has 2 aliphatic rings. The summed E-state index contributed by atoms with van der Waals surface area (Å²) in [6.07, 6.45) is 1.96. The highest BCUT2D eigenvalue weighted by atomic mass is 16.3. The normalized spacial score (nSPS) is 27.2. The highest BCUT2D eigenvalue weighted by Gasteiger charge is 2.22. The van der Waals surface area contributed by atoms with E-state index in [1.165, 1.54) is 6.42 Å². The molecule has 4 heteroatoms. The van der Waals surface area contributed by atoms with Crippen LogP contribution < -0.4 is 5.32 Å². The van der Waals surface area contributed by atoms with Crippen LogP contribution in [0.4, 0.5) is 0 Å². The molecule has 2 rings (SSSR count). The first-order valence-electron chi connectivity index (χ1n) is 5.71. The average Bonchev–Trinajstić information content (AvgIpc) is 2.14. The molecule has 0 aliphatic carbocycles. The zero-order valence-corrected chi connectivity index (χ0v) is 8.78. The topological polar surface area (TPSA) is 38.7 Å². The Morgan fingerprint density at radius 3 is 2.43 bits per heavy atom. The van der Waals surface area contributed by atoms with Gasteiger partial charge in [-0.2, -0.15) is 0 Å². The SMILES string of the molecule is OC(CCN1CCNCC1)N1CCC1. The second kappa shape index (κ2) is 5.07. The standard InChI is InChI=1S/C10H21N3O/c14-10(13-5-1-6-13)2-7-12-8-3-11-4-9-12/h10-11,14H,1-9H2. The Morgan fingerprint density at radius 2 is 1.86 bits per heavy atom. The van der Waals surface area contributed by atoms with Gasteiger partial charge in [0.2, 0.25) is 0 Å². The zero-order chi connectivity index (χ0) is 9.80. The lowest BCUT2D eigenvalue weighted by Crippen LogP contribution is -2.48. The van der Waals surface area contributed by atoms with Crippen molar-refractivity contribution in [2.75, 3.05) is 45.8 Å². The molecule has 0 spiro atoms. The smallest absolute Gasteiger partial charge is 0.108 e. The molecule has 0 radical (unpaired) electrons. The summed E-state index contributed by atoms with van der Waals surface area (Å²) in [6.45, 7) is 7.67. The molecule has 2 fully saturated rings. The Morgan fingerprint density at radius 1 is 1.14 bits per heavy atom. The first-order chi connectivity index (χ1) is 6.86. The molecule has 0 bridgehead atoms. The zero-order valence-electron chi connectivity index (χ0n) is 8.78. The molecule has 0 saturated carbocycles. The number of aliphatic hydroxyl groups is 1. The lowest BCUT2D eigenvalue weighted by atomic mass is 10.2. The number of nitrogens with one attached hydrogen (secondary N) is 1. The van der Waals surface area contributed by atoms with Gasteiger partial charge in [0.05, 0.1) is 0 Å². The van der Waals surface area contributed by atoms with E-state index in [9.17, 15) is 5.11 Å². The third-order valence-corrected chi connectivity index (χ3v) is 3.23. The fourth-order valence-corrected chi connectivity index (χ4v) is 2.05. The van der Waals surface area contributed by atoms with Crippen molar-refractivity contribution in [1.82, 2.24) is 15.1 Å². The van der Waals surface area contributed by atoms with Crippen molar-refractivity contribution in [2.45, 2.75) is 19.1 Å². The molecule has 0 aromatic carbocycles. The Balaban J connectivity index is 1.60. The van der Waals surface area contributed by atoms with Crippen LogP contribution in [-0.4, -0.2) is 66.9 Å². The summed E-state index contributed by atoms with van der Waals surface area (Å²) < 4.78 is 0. The van der Waals surface area contributed by atoms with Crippen LogP contribution in [0.2, 0.25) is 0 Å². The van der Waals surface area contributed by atoms with E-state index >= 15 is 0 Å². The maximum Gasteiger partial charge on any atom is 0.108 e. The summed E-state index contributed by atoms with van der Waals surface area (Å²) in [7, 11) is 0. The van der Waals surface area contributed by atoms with Gasteiger partial charge in [0.15, 0.2) is 0 Å². The summed E-state index contributed by atoms with van der Waals surface area (Å²) in [5.41, 5.74) is 0. The second-order valence-electron chi connectivity index (χ2n) is 4.25. The van der Waals surface area contributed by atoms with Crippen molar-refractivity contribution in [3.8, 4) is 0 Å². The van der Waals surface area contributed by atoms with Crippen molar-refractivity contribution < 1.29 is 5.11 Å². The van der Waals surface area contributed by atoms with Gasteiger partial charge in [-0.15, -0.1) is 0 Å². The van der Waals surface area contributed by atoms with Crippen LogP contribution in [0.3, 0.4) is 0 Å². The predicted molar refractivity (Wildman–Crippen MR) is 56.1 cm³/mol. The summed E-state index contributed by atoms with van der Waals surface area (Å²) in [5.74, 6) is 0. The molecular weight excluding hydrogens is 178 g/mol. The minimum absolute atomic E-state index is 0.196. The second-order valence-corrected chi connectivity index (χ2v) is 4.25. The number of hydrogen-bond acceptors (Lipinski definition) is 4. The van der Waals surface area contributed by atoms with Gasteiger partial charge >= 0.3 is 0 Å². The minimum Gasteiger partial charge on any atom is -0.378 e. The minimum atomic E-state index is -0.196. The maximum absolute atomic E-state index is 9.78. The van der Waals surface area contributed by atoms with Crippen LogP contribution in [0.5, 0.6) is 0 Å². The Hall–Kier alpha value is -0.160. The molecule has 2 aliphatic heterocycles. The molecule has 4 nitrogen and oxygen atoms in total. The molecule has 0 amide bonds. The van der Waals surface area contributed by atoms with Crippen molar-refractivity contribution >= 4 is 0 Å². The lowest BCUT2D eigenvalue weighted by Gasteiger charge is -2.36. The van der Waals surface area contributed by atoms with Gasteiger partial charge in [0.1, 0.15) is 6.23 Å². The fourth-order valence-electron chi connectivity index (χ4n) is 2.05. The first kappa shape index (κ1) is 10.4. The monoisotopic (exact) mass is 199 g/mol.